The maximum atomic E-state index is 14.2. The van der Waals surface area contributed by atoms with Crippen LogP contribution in [-0.4, -0.2) is 35.4 Å². The standard InChI is InChI=1S/C14H22FN3O/c1-4-7-10-18(6-3)14(19)11-8-9-17-13(12(11)15)16-5-2/h8-9H,4-7,10H2,1-3H3,(H,16,17). The van der Waals surface area contributed by atoms with E-state index in [0.717, 1.165) is 12.8 Å². The highest BCUT2D eigenvalue weighted by molar-refractivity contribution is 5.95. The van der Waals surface area contributed by atoms with Gasteiger partial charge in [0.15, 0.2) is 11.6 Å². The van der Waals surface area contributed by atoms with Gasteiger partial charge in [0.2, 0.25) is 0 Å². The summed E-state index contributed by atoms with van der Waals surface area (Å²) < 4.78 is 14.2. The summed E-state index contributed by atoms with van der Waals surface area (Å²) >= 11 is 0. The van der Waals surface area contributed by atoms with Crippen LogP contribution in [-0.2, 0) is 0 Å². The zero-order valence-corrected chi connectivity index (χ0v) is 11.9. The van der Waals surface area contributed by atoms with E-state index in [1.165, 1.54) is 12.3 Å². The van der Waals surface area contributed by atoms with Crippen molar-refractivity contribution in [2.45, 2.75) is 33.6 Å². The lowest BCUT2D eigenvalue weighted by atomic mass is 10.2. The Bertz CT molecular complexity index is 423. The molecule has 0 saturated carbocycles. The molecule has 1 N–H and O–H groups in total. The summed E-state index contributed by atoms with van der Waals surface area (Å²) in [6.45, 7) is 7.62. The first kappa shape index (κ1) is 15.4. The highest BCUT2D eigenvalue weighted by Gasteiger charge is 2.20. The van der Waals surface area contributed by atoms with Crippen molar-refractivity contribution < 1.29 is 9.18 Å². The van der Waals surface area contributed by atoms with Gasteiger partial charge in [0.05, 0.1) is 5.56 Å². The first-order valence-corrected chi connectivity index (χ1v) is 6.83. The van der Waals surface area contributed by atoms with Crippen molar-refractivity contribution in [2.75, 3.05) is 25.0 Å². The monoisotopic (exact) mass is 267 g/mol. The number of carbonyl (C=O) groups excluding carboxylic acids is 1. The zero-order chi connectivity index (χ0) is 14.3. The Labute approximate surface area is 114 Å². The van der Waals surface area contributed by atoms with Crippen LogP contribution in [0, 0.1) is 5.82 Å². The number of rotatable bonds is 7. The maximum absolute atomic E-state index is 14.2. The van der Waals surface area contributed by atoms with E-state index in [2.05, 4.69) is 17.2 Å². The number of nitrogens with zero attached hydrogens (tertiary/aromatic N) is 2. The molecule has 19 heavy (non-hydrogen) atoms. The number of unbranched alkanes of at least 4 members (excludes halogenated alkanes) is 1. The van der Waals surface area contributed by atoms with Gasteiger partial charge in [-0.25, -0.2) is 9.37 Å². The second-order valence-corrected chi connectivity index (χ2v) is 4.29. The van der Waals surface area contributed by atoms with Crippen LogP contribution in [0.15, 0.2) is 12.3 Å². The van der Waals surface area contributed by atoms with E-state index >= 15 is 0 Å². The number of pyridine rings is 1. The highest BCUT2D eigenvalue weighted by atomic mass is 19.1. The number of anilines is 1. The Morgan fingerprint density at radius 1 is 1.42 bits per heavy atom. The van der Waals surface area contributed by atoms with Crippen LogP contribution in [0.3, 0.4) is 0 Å². The van der Waals surface area contributed by atoms with Gasteiger partial charge >= 0.3 is 0 Å². The van der Waals surface area contributed by atoms with E-state index in [0.29, 0.717) is 19.6 Å². The summed E-state index contributed by atoms with van der Waals surface area (Å²) in [6.07, 6.45) is 3.39. The molecule has 5 heteroatoms. The third kappa shape index (κ3) is 3.91. The van der Waals surface area contributed by atoms with Gasteiger partial charge in [0, 0.05) is 25.8 Å². The molecule has 0 fully saturated rings. The lowest BCUT2D eigenvalue weighted by molar-refractivity contribution is 0.0757. The molecule has 0 atom stereocenters. The van der Waals surface area contributed by atoms with Crippen molar-refractivity contribution in [1.82, 2.24) is 9.88 Å². The minimum absolute atomic E-state index is 0.0869. The largest absolute Gasteiger partial charge is 0.368 e. The molecule has 1 aromatic heterocycles. The Morgan fingerprint density at radius 3 is 2.74 bits per heavy atom. The van der Waals surface area contributed by atoms with Gasteiger partial charge in [-0.1, -0.05) is 13.3 Å². The van der Waals surface area contributed by atoms with E-state index in [1.807, 2.05) is 13.8 Å². The molecular formula is C14H22FN3O. The molecule has 0 spiro atoms. The molecule has 0 unspecified atom stereocenters. The summed E-state index contributed by atoms with van der Waals surface area (Å²) in [6, 6.07) is 1.44. The summed E-state index contributed by atoms with van der Waals surface area (Å²) in [7, 11) is 0. The fourth-order valence-corrected chi connectivity index (χ4v) is 1.82. The van der Waals surface area contributed by atoms with Crippen LogP contribution >= 0.6 is 0 Å². The fraction of sp³-hybridized carbons (Fsp3) is 0.571. The van der Waals surface area contributed by atoms with Gasteiger partial charge in [-0.3, -0.25) is 4.79 Å². The third-order valence-corrected chi connectivity index (χ3v) is 2.91. The van der Waals surface area contributed by atoms with Crippen molar-refractivity contribution in [2.24, 2.45) is 0 Å². The van der Waals surface area contributed by atoms with Crippen LogP contribution in [0.2, 0.25) is 0 Å². The van der Waals surface area contributed by atoms with E-state index in [1.54, 1.807) is 4.90 Å². The molecule has 1 rings (SSSR count). The van der Waals surface area contributed by atoms with Gasteiger partial charge in [0.1, 0.15) is 0 Å². The molecular weight excluding hydrogens is 245 g/mol. The summed E-state index contributed by atoms with van der Waals surface area (Å²) in [4.78, 5) is 17.9. The van der Waals surface area contributed by atoms with Gasteiger partial charge < -0.3 is 10.2 Å². The molecule has 1 amide bonds. The molecule has 0 aliphatic carbocycles. The number of hydrogen-bond acceptors (Lipinski definition) is 3. The summed E-state index contributed by atoms with van der Waals surface area (Å²) in [5.41, 5.74) is 0.0869. The smallest absolute Gasteiger partial charge is 0.257 e. The van der Waals surface area contributed by atoms with Crippen molar-refractivity contribution in [3.05, 3.63) is 23.6 Å². The average Bonchev–Trinajstić information content (AvgIpc) is 2.42. The molecule has 4 nitrogen and oxygen atoms in total. The van der Waals surface area contributed by atoms with Crippen molar-refractivity contribution >= 4 is 11.7 Å². The molecule has 1 aromatic rings. The molecule has 0 aliphatic heterocycles. The van der Waals surface area contributed by atoms with Crippen LogP contribution in [0.1, 0.15) is 44.0 Å². The Balaban J connectivity index is 2.94. The second-order valence-electron chi connectivity index (χ2n) is 4.29. The van der Waals surface area contributed by atoms with Gasteiger partial charge in [-0.15, -0.1) is 0 Å². The zero-order valence-electron chi connectivity index (χ0n) is 11.9. The SMILES string of the molecule is CCCCN(CC)C(=O)c1ccnc(NCC)c1F. The minimum Gasteiger partial charge on any atom is -0.368 e. The van der Waals surface area contributed by atoms with Gasteiger partial charge in [-0.2, -0.15) is 0 Å². The Morgan fingerprint density at radius 2 is 2.16 bits per heavy atom. The van der Waals surface area contributed by atoms with Crippen molar-refractivity contribution in [3.63, 3.8) is 0 Å². The van der Waals surface area contributed by atoms with Crippen molar-refractivity contribution in [3.8, 4) is 0 Å². The van der Waals surface area contributed by atoms with Crippen LogP contribution < -0.4 is 5.32 Å². The minimum atomic E-state index is -0.565. The first-order chi connectivity index (χ1) is 9.15. The molecule has 0 bridgehead atoms. The number of amides is 1. The molecule has 0 aliphatic rings. The van der Waals surface area contributed by atoms with Crippen LogP contribution in [0.5, 0.6) is 0 Å². The van der Waals surface area contributed by atoms with E-state index in [9.17, 15) is 9.18 Å². The molecule has 0 saturated heterocycles. The quantitative estimate of drug-likeness (QED) is 0.826. The second kappa shape index (κ2) is 7.71. The van der Waals surface area contributed by atoms with Gasteiger partial charge in [0.25, 0.3) is 5.91 Å². The summed E-state index contributed by atoms with van der Waals surface area (Å²) in [5, 5.41) is 2.81. The predicted octanol–water partition coefficient (Wildman–Crippen LogP) is 2.91. The predicted molar refractivity (Wildman–Crippen MR) is 74.8 cm³/mol. The maximum Gasteiger partial charge on any atom is 0.257 e. The van der Waals surface area contributed by atoms with E-state index in [4.69, 9.17) is 0 Å². The number of nitrogens with one attached hydrogen (secondary N) is 1. The number of halogens is 1. The normalized spacial score (nSPS) is 10.3. The van der Waals surface area contributed by atoms with E-state index in [-0.39, 0.29) is 17.3 Å². The molecule has 0 aromatic carbocycles. The van der Waals surface area contributed by atoms with Crippen molar-refractivity contribution in [1.29, 1.82) is 0 Å². The third-order valence-electron chi connectivity index (χ3n) is 2.91. The number of aromatic nitrogens is 1. The number of carbonyl (C=O) groups is 1. The Kier molecular flexibility index (Phi) is 6.25. The molecule has 0 radical (unpaired) electrons. The summed E-state index contributed by atoms with van der Waals surface area (Å²) in [5.74, 6) is -0.695. The van der Waals surface area contributed by atoms with Gasteiger partial charge in [-0.05, 0) is 26.3 Å². The van der Waals surface area contributed by atoms with Crippen LogP contribution in [0.25, 0.3) is 0 Å². The van der Waals surface area contributed by atoms with E-state index < -0.39 is 5.82 Å². The molecule has 106 valence electrons. The van der Waals surface area contributed by atoms with Crippen LogP contribution in [0.4, 0.5) is 10.2 Å². The topological polar surface area (TPSA) is 45.2 Å². The first-order valence-electron chi connectivity index (χ1n) is 6.83. The lowest BCUT2D eigenvalue weighted by Gasteiger charge is -2.21. The average molecular weight is 267 g/mol. The number of hydrogen-bond donors (Lipinski definition) is 1. The Hall–Kier alpha value is -1.65. The molecule has 1 heterocycles. The highest BCUT2D eigenvalue weighted by Crippen LogP contribution is 2.17. The lowest BCUT2D eigenvalue weighted by Crippen LogP contribution is -2.32. The fourth-order valence-electron chi connectivity index (χ4n) is 1.82.